The maximum atomic E-state index is 5.22. The maximum Gasteiger partial charge on any atom is 0.191 e. The van der Waals surface area contributed by atoms with Crippen LogP contribution in [0, 0.1) is 6.92 Å². The molecule has 0 saturated carbocycles. The zero-order valence-corrected chi connectivity index (χ0v) is 11.6. The van der Waals surface area contributed by atoms with Crippen molar-refractivity contribution in [3.8, 4) is 0 Å². The zero-order valence-electron chi connectivity index (χ0n) is 10.8. The van der Waals surface area contributed by atoms with Crippen LogP contribution in [0.4, 0.5) is 5.69 Å². The van der Waals surface area contributed by atoms with E-state index in [1.54, 1.807) is 6.26 Å². The number of nitrogens with zero attached hydrogens (tertiary/aromatic N) is 1. The number of aryl methyl sites for hydroxylation is 1. The third-order valence-electron chi connectivity index (χ3n) is 2.51. The van der Waals surface area contributed by atoms with Crippen molar-refractivity contribution in [2.45, 2.75) is 13.8 Å². The topological polar surface area (TPSA) is 49.6 Å². The van der Waals surface area contributed by atoms with E-state index in [-0.39, 0.29) is 0 Å². The molecule has 1 heterocycles. The number of furan rings is 1. The zero-order chi connectivity index (χ0) is 13.7. The summed E-state index contributed by atoms with van der Waals surface area (Å²) in [7, 11) is 0. The van der Waals surface area contributed by atoms with Crippen LogP contribution < -0.4 is 10.7 Å². The maximum absolute atomic E-state index is 5.22. The lowest BCUT2D eigenvalue weighted by molar-refractivity contribution is 0.556. The first-order valence-electron chi connectivity index (χ1n) is 5.87. The van der Waals surface area contributed by atoms with E-state index in [2.05, 4.69) is 15.8 Å². The van der Waals surface area contributed by atoms with Crippen LogP contribution in [-0.2, 0) is 0 Å². The Hall–Kier alpha value is -2.14. The average Bonchev–Trinajstić information content (AvgIpc) is 2.93. The van der Waals surface area contributed by atoms with Crippen LogP contribution in [0.2, 0.25) is 0 Å². The van der Waals surface area contributed by atoms with Crippen molar-refractivity contribution in [1.29, 1.82) is 0 Å². The van der Waals surface area contributed by atoms with Crippen molar-refractivity contribution in [3.05, 3.63) is 54.0 Å². The molecule has 5 heteroatoms. The average molecular weight is 273 g/mol. The van der Waals surface area contributed by atoms with E-state index in [4.69, 9.17) is 16.6 Å². The molecule has 0 aliphatic carbocycles. The largest absolute Gasteiger partial charge is 0.463 e. The molecule has 1 aromatic carbocycles. The molecular formula is C14H15N3OS. The van der Waals surface area contributed by atoms with Gasteiger partial charge in [-0.3, -0.25) is 5.43 Å². The van der Waals surface area contributed by atoms with E-state index in [0.29, 0.717) is 10.9 Å². The molecule has 0 radical (unpaired) electrons. The molecule has 0 aliphatic rings. The lowest BCUT2D eigenvalue weighted by Gasteiger charge is -2.07. The van der Waals surface area contributed by atoms with Crippen molar-refractivity contribution in [2.75, 3.05) is 5.32 Å². The lowest BCUT2D eigenvalue weighted by Crippen LogP contribution is -2.24. The SMILES string of the molecule is CC(=NNC(=S)Nc1ccc(C)cc1)c1ccco1. The molecule has 2 aromatic rings. The third-order valence-corrected chi connectivity index (χ3v) is 2.71. The minimum absolute atomic E-state index is 0.440. The molecule has 2 rings (SSSR count). The van der Waals surface area contributed by atoms with E-state index < -0.39 is 0 Å². The summed E-state index contributed by atoms with van der Waals surface area (Å²) in [5.41, 5.74) is 5.65. The van der Waals surface area contributed by atoms with Gasteiger partial charge in [-0.2, -0.15) is 5.10 Å². The van der Waals surface area contributed by atoms with Crippen LogP contribution in [0.5, 0.6) is 0 Å². The molecule has 0 unspecified atom stereocenters. The van der Waals surface area contributed by atoms with Gasteiger partial charge < -0.3 is 9.73 Å². The summed E-state index contributed by atoms with van der Waals surface area (Å²) >= 11 is 5.16. The highest BCUT2D eigenvalue weighted by molar-refractivity contribution is 7.80. The molecule has 0 amide bonds. The van der Waals surface area contributed by atoms with Gasteiger partial charge in [-0.15, -0.1) is 0 Å². The number of nitrogens with one attached hydrogen (secondary N) is 2. The third kappa shape index (κ3) is 3.93. The van der Waals surface area contributed by atoms with Gasteiger partial charge in [0, 0.05) is 5.69 Å². The summed E-state index contributed by atoms with van der Waals surface area (Å²) in [6, 6.07) is 11.6. The van der Waals surface area contributed by atoms with Crippen LogP contribution in [0.3, 0.4) is 0 Å². The highest BCUT2D eigenvalue weighted by Gasteiger charge is 2.00. The Kier molecular flexibility index (Phi) is 4.30. The van der Waals surface area contributed by atoms with Gasteiger partial charge in [0.15, 0.2) is 5.11 Å². The van der Waals surface area contributed by atoms with Gasteiger partial charge in [0.1, 0.15) is 11.5 Å². The Morgan fingerprint density at radius 2 is 1.95 bits per heavy atom. The monoisotopic (exact) mass is 273 g/mol. The highest BCUT2D eigenvalue weighted by Crippen LogP contribution is 2.08. The van der Waals surface area contributed by atoms with Crippen LogP contribution in [-0.4, -0.2) is 10.8 Å². The Morgan fingerprint density at radius 3 is 2.58 bits per heavy atom. The van der Waals surface area contributed by atoms with E-state index in [1.165, 1.54) is 5.56 Å². The van der Waals surface area contributed by atoms with Crippen molar-refractivity contribution in [1.82, 2.24) is 5.43 Å². The second kappa shape index (κ2) is 6.15. The predicted molar refractivity (Wildman–Crippen MR) is 81.5 cm³/mol. The first-order valence-corrected chi connectivity index (χ1v) is 6.28. The molecule has 98 valence electrons. The standard InChI is InChI=1S/C14H15N3OS/c1-10-5-7-12(8-6-10)15-14(19)17-16-11(2)13-4-3-9-18-13/h3-9H,1-2H3,(H2,15,17,19). The van der Waals surface area contributed by atoms with E-state index in [9.17, 15) is 0 Å². The predicted octanol–water partition coefficient (Wildman–Crippen LogP) is 3.30. The molecular weight excluding hydrogens is 258 g/mol. The second-order valence-electron chi connectivity index (χ2n) is 4.11. The van der Waals surface area contributed by atoms with Crippen LogP contribution in [0.25, 0.3) is 0 Å². The minimum atomic E-state index is 0.440. The first-order chi connectivity index (χ1) is 9.15. The summed E-state index contributed by atoms with van der Waals surface area (Å²) in [6.45, 7) is 3.89. The number of rotatable bonds is 3. The fourth-order valence-corrected chi connectivity index (χ4v) is 1.63. The quantitative estimate of drug-likeness (QED) is 0.512. The smallest absolute Gasteiger partial charge is 0.191 e. The summed E-state index contributed by atoms with van der Waals surface area (Å²) < 4.78 is 5.22. The Morgan fingerprint density at radius 1 is 1.21 bits per heavy atom. The lowest BCUT2D eigenvalue weighted by atomic mass is 10.2. The van der Waals surface area contributed by atoms with Gasteiger partial charge >= 0.3 is 0 Å². The minimum Gasteiger partial charge on any atom is -0.463 e. The number of hydrogen-bond donors (Lipinski definition) is 2. The molecule has 0 atom stereocenters. The van der Waals surface area contributed by atoms with Crippen molar-refractivity contribution in [3.63, 3.8) is 0 Å². The van der Waals surface area contributed by atoms with Gasteiger partial charge in [0.05, 0.1) is 6.26 Å². The Labute approximate surface area is 117 Å². The molecule has 4 nitrogen and oxygen atoms in total. The van der Waals surface area contributed by atoms with E-state index in [0.717, 1.165) is 11.4 Å². The van der Waals surface area contributed by atoms with Crippen LogP contribution in [0.1, 0.15) is 18.2 Å². The van der Waals surface area contributed by atoms with Crippen molar-refractivity contribution < 1.29 is 4.42 Å². The molecule has 2 N–H and O–H groups in total. The molecule has 1 aromatic heterocycles. The fourth-order valence-electron chi connectivity index (χ4n) is 1.47. The fraction of sp³-hybridized carbons (Fsp3) is 0.143. The first kappa shape index (κ1) is 13.3. The Bertz CT molecular complexity index is 573. The van der Waals surface area contributed by atoms with Gasteiger partial charge in [0.2, 0.25) is 0 Å². The number of hydrazone groups is 1. The summed E-state index contributed by atoms with van der Waals surface area (Å²) in [6.07, 6.45) is 1.61. The number of hydrogen-bond acceptors (Lipinski definition) is 3. The van der Waals surface area contributed by atoms with E-state index in [1.807, 2.05) is 50.2 Å². The Balaban J connectivity index is 1.91. The molecule has 0 saturated heterocycles. The molecule has 0 fully saturated rings. The second-order valence-corrected chi connectivity index (χ2v) is 4.51. The number of thiocarbonyl (C=S) groups is 1. The molecule has 0 bridgehead atoms. The molecule has 0 spiro atoms. The van der Waals surface area contributed by atoms with Crippen LogP contribution >= 0.6 is 12.2 Å². The van der Waals surface area contributed by atoms with Crippen molar-refractivity contribution >= 4 is 28.7 Å². The number of benzene rings is 1. The molecule has 19 heavy (non-hydrogen) atoms. The van der Waals surface area contributed by atoms with Gasteiger partial charge in [-0.05, 0) is 50.3 Å². The van der Waals surface area contributed by atoms with Crippen molar-refractivity contribution in [2.24, 2.45) is 5.10 Å². The summed E-state index contributed by atoms with van der Waals surface area (Å²) in [4.78, 5) is 0. The highest BCUT2D eigenvalue weighted by atomic mass is 32.1. The summed E-state index contributed by atoms with van der Waals surface area (Å²) in [5.74, 6) is 0.714. The van der Waals surface area contributed by atoms with Gasteiger partial charge in [0.25, 0.3) is 0 Å². The summed E-state index contributed by atoms with van der Waals surface area (Å²) in [5, 5.41) is 7.64. The van der Waals surface area contributed by atoms with E-state index >= 15 is 0 Å². The van der Waals surface area contributed by atoms with Crippen LogP contribution in [0.15, 0.2) is 52.2 Å². The normalized spacial score (nSPS) is 11.2. The van der Waals surface area contributed by atoms with Gasteiger partial charge in [-0.1, -0.05) is 17.7 Å². The number of anilines is 1. The van der Waals surface area contributed by atoms with Gasteiger partial charge in [-0.25, -0.2) is 0 Å². The molecule has 0 aliphatic heterocycles.